The van der Waals surface area contributed by atoms with Crippen molar-refractivity contribution in [1.82, 2.24) is 10.6 Å². The average molecular weight is 301 g/mol. The van der Waals surface area contributed by atoms with Crippen molar-refractivity contribution in [2.45, 2.75) is 58.9 Å². The number of nitrogens with zero attached hydrogens (tertiary/aromatic N) is 1. The molecule has 1 unspecified atom stereocenters. The third-order valence-corrected chi connectivity index (χ3v) is 3.12. The molecule has 0 aliphatic rings. The number of guanidine groups is 1. The fourth-order valence-electron chi connectivity index (χ4n) is 1.93. The number of ether oxygens (including phenoxy) is 2. The molecule has 0 aromatic heterocycles. The van der Waals surface area contributed by atoms with Crippen LogP contribution in [0.3, 0.4) is 0 Å². The Morgan fingerprint density at radius 2 is 1.90 bits per heavy atom. The molecule has 0 spiro atoms. The van der Waals surface area contributed by atoms with Crippen molar-refractivity contribution in [3.05, 3.63) is 0 Å². The van der Waals surface area contributed by atoms with Gasteiger partial charge in [0, 0.05) is 32.8 Å². The number of aliphatic imine (C=N–C) groups is 1. The summed E-state index contributed by atoms with van der Waals surface area (Å²) in [6.45, 7) is 10.3. The van der Waals surface area contributed by atoms with Crippen LogP contribution in [0.4, 0.5) is 0 Å². The average Bonchev–Trinajstić information content (AvgIpc) is 2.46. The van der Waals surface area contributed by atoms with E-state index >= 15 is 0 Å². The molecule has 2 N–H and O–H groups in total. The third kappa shape index (κ3) is 13.9. The van der Waals surface area contributed by atoms with Gasteiger partial charge in [-0.2, -0.15) is 0 Å². The zero-order valence-corrected chi connectivity index (χ0v) is 14.4. The molecule has 0 saturated carbocycles. The van der Waals surface area contributed by atoms with Gasteiger partial charge in [-0.25, -0.2) is 0 Å². The molecular formula is C16H35N3O2. The predicted octanol–water partition coefficient (Wildman–Crippen LogP) is 2.56. The van der Waals surface area contributed by atoms with Crippen molar-refractivity contribution in [1.29, 1.82) is 0 Å². The highest BCUT2D eigenvalue weighted by molar-refractivity contribution is 5.79. The van der Waals surface area contributed by atoms with E-state index in [2.05, 4.69) is 36.4 Å². The molecule has 0 saturated heterocycles. The van der Waals surface area contributed by atoms with E-state index in [4.69, 9.17) is 9.47 Å². The van der Waals surface area contributed by atoms with Gasteiger partial charge in [-0.15, -0.1) is 0 Å². The zero-order valence-electron chi connectivity index (χ0n) is 14.4. The first-order valence-electron chi connectivity index (χ1n) is 8.36. The number of unbranched alkanes of at least 4 members (excludes halogenated alkanes) is 2. The van der Waals surface area contributed by atoms with Crippen LogP contribution in [-0.2, 0) is 9.47 Å². The van der Waals surface area contributed by atoms with E-state index in [1.807, 2.05) is 0 Å². The van der Waals surface area contributed by atoms with Crippen LogP contribution in [0.5, 0.6) is 0 Å². The van der Waals surface area contributed by atoms with E-state index in [9.17, 15) is 0 Å². The lowest BCUT2D eigenvalue weighted by atomic mass is 10.1. The highest BCUT2D eigenvalue weighted by Gasteiger charge is 2.04. The van der Waals surface area contributed by atoms with Crippen LogP contribution in [0.1, 0.15) is 52.9 Å². The van der Waals surface area contributed by atoms with Gasteiger partial charge in [-0.1, -0.05) is 26.2 Å². The van der Waals surface area contributed by atoms with Crippen molar-refractivity contribution in [3.63, 3.8) is 0 Å². The maximum absolute atomic E-state index is 5.43. The van der Waals surface area contributed by atoms with Crippen LogP contribution in [-0.4, -0.2) is 52.0 Å². The largest absolute Gasteiger partial charge is 0.382 e. The molecule has 0 heterocycles. The molecule has 21 heavy (non-hydrogen) atoms. The van der Waals surface area contributed by atoms with Crippen molar-refractivity contribution in [3.8, 4) is 0 Å². The van der Waals surface area contributed by atoms with Crippen LogP contribution < -0.4 is 10.6 Å². The number of hydrogen-bond donors (Lipinski definition) is 2. The lowest BCUT2D eigenvalue weighted by molar-refractivity contribution is 0.0702. The second-order valence-electron chi connectivity index (χ2n) is 5.26. The Morgan fingerprint density at radius 1 is 1.10 bits per heavy atom. The fourth-order valence-corrected chi connectivity index (χ4v) is 1.93. The minimum atomic E-state index is 0.465. The second-order valence-corrected chi connectivity index (χ2v) is 5.26. The van der Waals surface area contributed by atoms with E-state index in [1.165, 1.54) is 25.7 Å². The first-order valence-corrected chi connectivity index (χ1v) is 8.36. The SMILES string of the molecule is CCCCCC(C)NC(=NCCCOCCOC)NCC. The molecule has 1 atom stereocenters. The monoisotopic (exact) mass is 301 g/mol. The minimum absolute atomic E-state index is 0.465. The Labute approximate surface area is 130 Å². The van der Waals surface area contributed by atoms with Gasteiger partial charge in [0.15, 0.2) is 5.96 Å². The molecule has 5 nitrogen and oxygen atoms in total. The van der Waals surface area contributed by atoms with Crippen LogP contribution in [0.15, 0.2) is 4.99 Å². The maximum Gasteiger partial charge on any atom is 0.191 e. The summed E-state index contributed by atoms with van der Waals surface area (Å²) in [6.07, 6.45) is 5.97. The smallest absolute Gasteiger partial charge is 0.191 e. The zero-order chi connectivity index (χ0) is 15.8. The topological polar surface area (TPSA) is 54.9 Å². The first-order chi connectivity index (χ1) is 10.2. The van der Waals surface area contributed by atoms with Gasteiger partial charge in [0.05, 0.1) is 13.2 Å². The minimum Gasteiger partial charge on any atom is -0.382 e. The first kappa shape index (κ1) is 20.2. The van der Waals surface area contributed by atoms with Crippen molar-refractivity contribution >= 4 is 5.96 Å². The van der Waals surface area contributed by atoms with Gasteiger partial charge in [-0.05, 0) is 26.7 Å². The molecule has 0 amide bonds. The summed E-state index contributed by atoms with van der Waals surface area (Å²) in [6, 6.07) is 0.465. The summed E-state index contributed by atoms with van der Waals surface area (Å²) in [4.78, 5) is 4.58. The summed E-state index contributed by atoms with van der Waals surface area (Å²) < 4.78 is 10.4. The number of methoxy groups -OCH3 is 1. The lowest BCUT2D eigenvalue weighted by Gasteiger charge is -2.17. The van der Waals surface area contributed by atoms with E-state index in [0.717, 1.165) is 32.1 Å². The molecule has 0 bridgehead atoms. The van der Waals surface area contributed by atoms with Crippen molar-refractivity contribution < 1.29 is 9.47 Å². The Hall–Kier alpha value is -0.810. The van der Waals surface area contributed by atoms with Crippen LogP contribution in [0.2, 0.25) is 0 Å². The van der Waals surface area contributed by atoms with Crippen LogP contribution in [0.25, 0.3) is 0 Å². The predicted molar refractivity (Wildman–Crippen MR) is 90.0 cm³/mol. The lowest BCUT2D eigenvalue weighted by Crippen LogP contribution is -2.42. The van der Waals surface area contributed by atoms with Gasteiger partial charge in [-0.3, -0.25) is 4.99 Å². The quantitative estimate of drug-likeness (QED) is 0.312. The molecule has 0 rings (SSSR count). The van der Waals surface area contributed by atoms with Gasteiger partial charge >= 0.3 is 0 Å². The molecule has 0 aromatic rings. The Bertz CT molecular complexity index is 248. The van der Waals surface area contributed by atoms with Crippen LogP contribution >= 0.6 is 0 Å². The number of hydrogen-bond acceptors (Lipinski definition) is 3. The summed E-state index contributed by atoms with van der Waals surface area (Å²) >= 11 is 0. The van der Waals surface area contributed by atoms with Gasteiger partial charge in [0.25, 0.3) is 0 Å². The maximum atomic E-state index is 5.43. The molecule has 0 radical (unpaired) electrons. The molecule has 0 aliphatic heterocycles. The van der Waals surface area contributed by atoms with E-state index < -0.39 is 0 Å². The Morgan fingerprint density at radius 3 is 2.57 bits per heavy atom. The van der Waals surface area contributed by atoms with Crippen molar-refractivity contribution in [2.24, 2.45) is 4.99 Å². The highest BCUT2D eigenvalue weighted by atomic mass is 16.5. The number of rotatable bonds is 13. The summed E-state index contributed by atoms with van der Waals surface area (Å²) in [5, 5.41) is 6.76. The summed E-state index contributed by atoms with van der Waals surface area (Å²) in [5.74, 6) is 0.915. The van der Waals surface area contributed by atoms with Gasteiger partial charge in [0.1, 0.15) is 0 Å². The molecule has 126 valence electrons. The molecule has 5 heteroatoms. The van der Waals surface area contributed by atoms with Crippen molar-refractivity contribution in [2.75, 3.05) is 40.0 Å². The third-order valence-electron chi connectivity index (χ3n) is 3.12. The summed E-state index contributed by atoms with van der Waals surface area (Å²) in [7, 11) is 1.68. The van der Waals surface area contributed by atoms with Gasteiger partial charge in [0.2, 0.25) is 0 Å². The van der Waals surface area contributed by atoms with E-state index in [-0.39, 0.29) is 0 Å². The second kappa shape index (κ2) is 15.6. The molecule has 0 aliphatic carbocycles. The van der Waals surface area contributed by atoms with Gasteiger partial charge < -0.3 is 20.1 Å². The fraction of sp³-hybridized carbons (Fsp3) is 0.938. The Kier molecular flexibility index (Phi) is 15.0. The normalized spacial score (nSPS) is 13.2. The molecular weight excluding hydrogens is 266 g/mol. The summed E-state index contributed by atoms with van der Waals surface area (Å²) in [5.41, 5.74) is 0. The van der Waals surface area contributed by atoms with E-state index in [1.54, 1.807) is 7.11 Å². The molecule has 0 fully saturated rings. The number of nitrogens with one attached hydrogen (secondary N) is 2. The van der Waals surface area contributed by atoms with Crippen LogP contribution in [0, 0.1) is 0 Å². The highest BCUT2D eigenvalue weighted by Crippen LogP contribution is 2.02. The molecule has 0 aromatic carbocycles. The Balaban J connectivity index is 3.84. The standard InChI is InChI=1S/C16H35N3O2/c1-5-7-8-10-15(3)19-16(17-6-2)18-11-9-12-21-14-13-20-4/h15H,5-14H2,1-4H3,(H2,17,18,19). The van der Waals surface area contributed by atoms with E-state index in [0.29, 0.717) is 19.3 Å².